The average Bonchev–Trinajstić information content (AvgIpc) is 2.91. The maximum absolute atomic E-state index is 5.85. The SMILES string of the molecule is CCN1CCOC(Cn2cncc2CNCCOC)C1. The van der Waals surface area contributed by atoms with Gasteiger partial charge in [-0.3, -0.25) is 4.90 Å². The van der Waals surface area contributed by atoms with Crippen LogP contribution in [0.5, 0.6) is 0 Å². The van der Waals surface area contributed by atoms with Gasteiger partial charge in [-0.25, -0.2) is 4.98 Å². The number of nitrogens with zero attached hydrogens (tertiary/aromatic N) is 3. The summed E-state index contributed by atoms with van der Waals surface area (Å²) in [6.45, 7) is 9.43. The molecular formula is C14H26N4O2. The molecule has 0 saturated carbocycles. The first kappa shape index (κ1) is 15.4. The third-order valence-corrected chi connectivity index (χ3v) is 3.66. The van der Waals surface area contributed by atoms with Gasteiger partial charge in [0.2, 0.25) is 0 Å². The molecule has 1 aromatic rings. The summed E-state index contributed by atoms with van der Waals surface area (Å²) in [5, 5.41) is 3.35. The molecule has 1 unspecified atom stereocenters. The number of nitrogens with one attached hydrogen (secondary N) is 1. The van der Waals surface area contributed by atoms with Crippen LogP contribution in [0.2, 0.25) is 0 Å². The van der Waals surface area contributed by atoms with Crippen LogP contribution in [0.4, 0.5) is 0 Å². The van der Waals surface area contributed by atoms with Crippen LogP contribution in [0.1, 0.15) is 12.6 Å². The molecule has 20 heavy (non-hydrogen) atoms. The van der Waals surface area contributed by atoms with E-state index >= 15 is 0 Å². The van der Waals surface area contributed by atoms with Gasteiger partial charge < -0.3 is 19.4 Å². The number of methoxy groups -OCH3 is 1. The molecule has 114 valence electrons. The van der Waals surface area contributed by atoms with E-state index in [-0.39, 0.29) is 6.10 Å². The van der Waals surface area contributed by atoms with Crippen LogP contribution in [-0.2, 0) is 22.6 Å². The van der Waals surface area contributed by atoms with Crippen molar-refractivity contribution in [1.29, 1.82) is 0 Å². The highest BCUT2D eigenvalue weighted by Crippen LogP contribution is 2.09. The topological polar surface area (TPSA) is 51.5 Å². The second kappa shape index (κ2) is 8.36. The van der Waals surface area contributed by atoms with Crippen LogP contribution >= 0.6 is 0 Å². The molecule has 1 aliphatic heterocycles. The molecule has 0 aliphatic carbocycles. The number of imidazole rings is 1. The van der Waals surface area contributed by atoms with Gasteiger partial charge in [-0.1, -0.05) is 6.92 Å². The van der Waals surface area contributed by atoms with Crippen molar-refractivity contribution in [3.63, 3.8) is 0 Å². The lowest BCUT2D eigenvalue weighted by Gasteiger charge is -2.32. The molecule has 1 saturated heterocycles. The van der Waals surface area contributed by atoms with Crippen molar-refractivity contribution >= 4 is 0 Å². The highest BCUT2D eigenvalue weighted by molar-refractivity contribution is 4.98. The first-order valence-electron chi connectivity index (χ1n) is 7.36. The lowest BCUT2D eigenvalue weighted by molar-refractivity contribution is -0.0346. The Hall–Kier alpha value is -0.950. The van der Waals surface area contributed by atoms with Crippen LogP contribution < -0.4 is 5.32 Å². The monoisotopic (exact) mass is 282 g/mol. The van der Waals surface area contributed by atoms with Gasteiger partial charge in [0.25, 0.3) is 0 Å². The summed E-state index contributed by atoms with van der Waals surface area (Å²) in [7, 11) is 1.71. The molecule has 1 N–H and O–H groups in total. The summed E-state index contributed by atoms with van der Waals surface area (Å²) < 4.78 is 13.1. The van der Waals surface area contributed by atoms with E-state index in [1.807, 2.05) is 12.5 Å². The van der Waals surface area contributed by atoms with E-state index in [0.717, 1.165) is 52.5 Å². The van der Waals surface area contributed by atoms with E-state index in [2.05, 4.69) is 26.7 Å². The van der Waals surface area contributed by atoms with Crippen LogP contribution in [0.3, 0.4) is 0 Å². The molecule has 0 spiro atoms. The fourth-order valence-electron chi connectivity index (χ4n) is 2.45. The summed E-state index contributed by atoms with van der Waals surface area (Å²) in [6.07, 6.45) is 4.07. The molecule has 0 bridgehead atoms. The average molecular weight is 282 g/mol. The van der Waals surface area contributed by atoms with E-state index in [1.165, 1.54) is 5.69 Å². The van der Waals surface area contributed by atoms with Gasteiger partial charge in [0, 0.05) is 39.5 Å². The molecule has 0 aromatic carbocycles. The zero-order chi connectivity index (χ0) is 14.2. The van der Waals surface area contributed by atoms with E-state index in [1.54, 1.807) is 7.11 Å². The zero-order valence-corrected chi connectivity index (χ0v) is 12.5. The van der Waals surface area contributed by atoms with Crippen molar-refractivity contribution < 1.29 is 9.47 Å². The van der Waals surface area contributed by atoms with Gasteiger partial charge in [-0.05, 0) is 6.54 Å². The Labute approximate surface area is 121 Å². The highest BCUT2D eigenvalue weighted by atomic mass is 16.5. The van der Waals surface area contributed by atoms with Gasteiger partial charge in [0.15, 0.2) is 0 Å². The van der Waals surface area contributed by atoms with E-state index in [9.17, 15) is 0 Å². The molecule has 2 heterocycles. The summed E-state index contributed by atoms with van der Waals surface area (Å²) >= 11 is 0. The smallest absolute Gasteiger partial charge is 0.0949 e. The number of morpholine rings is 1. The lowest BCUT2D eigenvalue weighted by Crippen LogP contribution is -2.44. The predicted octanol–water partition coefficient (Wildman–Crippen LogP) is 0.340. The van der Waals surface area contributed by atoms with Gasteiger partial charge in [-0.15, -0.1) is 0 Å². The van der Waals surface area contributed by atoms with Crippen LogP contribution in [0.25, 0.3) is 0 Å². The van der Waals surface area contributed by atoms with Crippen molar-refractivity contribution in [1.82, 2.24) is 19.8 Å². The van der Waals surface area contributed by atoms with Crippen LogP contribution in [-0.4, -0.2) is 67.1 Å². The van der Waals surface area contributed by atoms with Gasteiger partial charge in [0.1, 0.15) is 0 Å². The van der Waals surface area contributed by atoms with Crippen LogP contribution in [0.15, 0.2) is 12.5 Å². The minimum atomic E-state index is 0.260. The van der Waals surface area contributed by atoms with Gasteiger partial charge >= 0.3 is 0 Å². The fraction of sp³-hybridized carbons (Fsp3) is 0.786. The number of hydrogen-bond donors (Lipinski definition) is 1. The lowest BCUT2D eigenvalue weighted by atomic mass is 10.2. The number of ether oxygens (including phenoxy) is 2. The largest absolute Gasteiger partial charge is 0.383 e. The number of hydrogen-bond acceptors (Lipinski definition) is 5. The van der Waals surface area contributed by atoms with E-state index in [4.69, 9.17) is 9.47 Å². The molecule has 0 amide bonds. The number of rotatable bonds is 8. The number of aromatic nitrogens is 2. The molecule has 6 nitrogen and oxygen atoms in total. The molecule has 6 heteroatoms. The first-order chi connectivity index (χ1) is 9.83. The highest BCUT2D eigenvalue weighted by Gasteiger charge is 2.20. The Kier molecular flexibility index (Phi) is 6.46. The Morgan fingerprint density at radius 2 is 2.45 bits per heavy atom. The summed E-state index contributed by atoms with van der Waals surface area (Å²) in [5.41, 5.74) is 1.19. The summed E-state index contributed by atoms with van der Waals surface area (Å²) in [6, 6.07) is 0. The third kappa shape index (κ3) is 4.56. The third-order valence-electron chi connectivity index (χ3n) is 3.66. The standard InChI is InChI=1S/C14H26N4O2/c1-3-17-5-7-20-14(10-17)11-18-12-16-9-13(18)8-15-4-6-19-2/h9,12,14-15H,3-8,10-11H2,1-2H3. The Morgan fingerprint density at radius 1 is 1.55 bits per heavy atom. The molecule has 1 atom stereocenters. The fourth-order valence-corrected chi connectivity index (χ4v) is 2.45. The predicted molar refractivity (Wildman–Crippen MR) is 77.7 cm³/mol. The maximum Gasteiger partial charge on any atom is 0.0949 e. The molecular weight excluding hydrogens is 256 g/mol. The molecule has 2 rings (SSSR count). The van der Waals surface area contributed by atoms with Crippen molar-refractivity contribution in [3.8, 4) is 0 Å². The maximum atomic E-state index is 5.85. The van der Waals surface area contributed by atoms with Crippen molar-refractivity contribution in [2.75, 3.05) is 46.5 Å². The quantitative estimate of drug-likeness (QED) is 0.697. The molecule has 1 aliphatic rings. The van der Waals surface area contributed by atoms with Crippen molar-refractivity contribution in [3.05, 3.63) is 18.2 Å². The van der Waals surface area contributed by atoms with E-state index in [0.29, 0.717) is 0 Å². The van der Waals surface area contributed by atoms with Crippen molar-refractivity contribution in [2.45, 2.75) is 26.1 Å². The zero-order valence-electron chi connectivity index (χ0n) is 12.5. The van der Waals surface area contributed by atoms with Gasteiger partial charge in [0.05, 0.1) is 37.9 Å². The normalized spacial score (nSPS) is 20.4. The molecule has 0 radical (unpaired) electrons. The summed E-state index contributed by atoms with van der Waals surface area (Å²) in [4.78, 5) is 6.68. The molecule has 1 fully saturated rings. The minimum Gasteiger partial charge on any atom is -0.383 e. The minimum absolute atomic E-state index is 0.260. The second-order valence-corrected chi connectivity index (χ2v) is 5.09. The number of likely N-dealkylation sites (N-methyl/N-ethyl adjacent to an activating group) is 1. The first-order valence-corrected chi connectivity index (χ1v) is 7.36. The Bertz CT molecular complexity index is 383. The van der Waals surface area contributed by atoms with Gasteiger partial charge in [-0.2, -0.15) is 0 Å². The van der Waals surface area contributed by atoms with E-state index < -0.39 is 0 Å². The summed E-state index contributed by atoms with van der Waals surface area (Å²) in [5.74, 6) is 0. The molecule has 1 aromatic heterocycles. The van der Waals surface area contributed by atoms with Crippen molar-refractivity contribution in [2.24, 2.45) is 0 Å². The second-order valence-electron chi connectivity index (χ2n) is 5.09. The Morgan fingerprint density at radius 3 is 3.25 bits per heavy atom. The Balaban J connectivity index is 1.81. The van der Waals surface area contributed by atoms with Crippen LogP contribution in [0, 0.1) is 0 Å².